The van der Waals surface area contributed by atoms with Crippen LogP contribution < -0.4 is 4.90 Å². The van der Waals surface area contributed by atoms with Gasteiger partial charge in [-0.15, -0.1) is 28.1 Å². The predicted molar refractivity (Wildman–Crippen MR) is 115 cm³/mol. The lowest BCUT2D eigenvalue weighted by atomic mass is 9.70. The monoisotopic (exact) mass is 431 g/mol. The van der Waals surface area contributed by atoms with Crippen molar-refractivity contribution >= 4 is 51.3 Å². The highest BCUT2D eigenvalue weighted by atomic mass is 32.2. The van der Waals surface area contributed by atoms with Gasteiger partial charge in [0.1, 0.15) is 0 Å². The number of rotatable bonds is 5. The lowest BCUT2D eigenvalue weighted by Gasteiger charge is -2.41. The third-order valence-electron chi connectivity index (χ3n) is 4.94. The van der Waals surface area contributed by atoms with Gasteiger partial charge in [0.25, 0.3) is 0 Å². The number of ketones is 1. The van der Waals surface area contributed by atoms with Gasteiger partial charge in [0.05, 0.1) is 0 Å². The Labute approximate surface area is 176 Å². The molecule has 2 aromatic heterocycles. The molecule has 0 N–H and O–H groups in total. The van der Waals surface area contributed by atoms with Crippen LogP contribution in [-0.4, -0.2) is 27.6 Å². The van der Waals surface area contributed by atoms with Crippen LogP contribution in [0.25, 0.3) is 0 Å². The van der Waals surface area contributed by atoms with Crippen LogP contribution in [0.4, 0.5) is 5.13 Å². The molecule has 4 rings (SSSR count). The topological polar surface area (TPSA) is 63.2 Å². The Kier molecular flexibility index (Phi) is 5.28. The molecule has 0 saturated carbocycles. The van der Waals surface area contributed by atoms with Crippen LogP contribution in [0.5, 0.6) is 0 Å². The van der Waals surface area contributed by atoms with E-state index < -0.39 is 0 Å². The summed E-state index contributed by atoms with van der Waals surface area (Å²) in [5.41, 5.74) is 1.42. The minimum atomic E-state index is -0.184. The number of allylic oxidation sites excluding steroid dienone is 2. The molecule has 0 aromatic carbocycles. The van der Waals surface area contributed by atoms with E-state index in [9.17, 15) is 9.59 Å². The van der Waals surface area contributed by atoms with Gasteiger partial charge in [-0.1, -0.05) is 49.1 Å². The standard InChI is InChI=1S/C20H21N3O2S3/c1-4-7-27-19-22-21-18(28-19)23-13-10-20(2,3)11-14(24)17(13)12(9-16(23)25)15-6-5-8-26-15/h4-6,8,12H,1,7,9-11H2,2-3H3. The minimum Gasteiger partial charge on any atom is -0.294 e. The van der Waals surface area contributed by atoms with Crippen LogP contribution in [0.15, 0.2) is 45.8 Å². The van der Waals surface area contributed by atoms with Crippen molar-refractivity contribution in [2.24, 2.45) is 5.41 Å². The molecule has 0 fully saturated rings. The first-order chi connectivity index (χ1) is 13.4. The van der Waals surface area contributed by atoms with Crippen LogP contribution in [0, 0.1) is 5.41 Å². The Hall–Kier alpha value is -1.77. The van der Waals surface area contributed by atoms with E-state index in [1.54, 1.807) is 28.0 Å². The van der Waals surface area contributed by atoms with Gasteiger partial charge < -0.3 is 0 Å². The Bertz CT molecular complexity index is 959. The first kappa shape index (κ1) is 19.5. The SMILES string of the molecule is C=CCSc1nnc(N2C(=O)CC(c3cccs3)C3=C2CC(C)(C)CC3=O)s1. The van der Waals surface area contributed by atoms with Gasteiger partial charge in [-0.3, -0.25) is 14.5 Å². The molecule has 8 heteroatoms. The molecular weight excluding hydrogens is 410 g/mol. The van der Waals surface area contributed by atoms with E-state index in [1.807, 2.05) is 23.6 Å². The van der Waals surface area contributed by atoms with E-state index >= 15 is 0 Å². The molecule has 1 unspecified atom stereocenters. The zero-order valence-corrected chi connectivity index (χ0v) is 18.3. The number of nitrogens with zero attached hydrogens (tertiary/aromatic N) is 3. The molecule has 146 valence electrons. The van der Waals surface area contributed by atoms with Crippen LogP contribution in [0.2, 0.25) is 0 Å². The summed E-state index contributed by atoms with van der Waals surface area (Å²) in [5.74, 6) is 0.722. The summed E-state index contributed by atoms with van der Waals surface area (Å²) in [5, 5.41) is 11.0. The Morgan fingerprint density at radius 3 is 2.89 bits per heavy atom. The lowest BCUT2D eigenvalue weighted by molar-refractivity contribution is -0.120. The van der Waals surface area contributed by atoms with Crippen molar-refractivity contribution in [3.05, 3.63) is 46.3 Å². The molecule has 0 saturated heterocycles. The maximum atomic E-state index is 13.2. The van der Waals surface area contributed by atoms with E-state index in [2.05, 4.69) is 30.6 Å². The maximum Gasteiger partial charge on any atom is 0.234 e. The summed E-state index contributed by atoms with van der Waals surface area (Å²) in [4.78, 5) is 29.1. The Balaban J connectivity index is 1.80. The first-order valence-electron chi connectivity index (χ1n) is 9.09. The second-order valence-corrected chi connectivity index (χ2v) is 11.0. The van der Waals surface area contributed by atoms with Crippen LogP contribution in [-0.2, 0) is 9.59 Å². The van der Waals surface area contributed by atoms with Crippen molar-refractivity contribution in [2.45, 2.75) is 43.4 Å². The number of Topliss-reactive ketones (excluding diaryl/α,β-unsaturated/α-hetero) is 1. The maximum absolute atomic E-state index is 13.2. The van der Waals surface area contributed by atoms with Crippen molar-refractivity contribution in [3.8, 4) is 0 Å². The normalized spacial score (nSPS) is 21.8. The van der Waals surface area contributed by atoms with Gasteiger partial charge in [-0.05, 0) is 23.3 Å². The molecule has 2 aromatic rings. The summed E-state index contributed by atoms with van der Waals surface area (Å²) in [6, 6.07) is 3.99. The molecule has 1 amide bonds. The molecule has 0 spiro atoms. The number of aromatic nitrogens is 2. The summed E-state index contributed by atoms with van der Waals surface area (Å²) in [6.45, 7) is 7.88. The van der Waals surface area contributed by atoms with Crippen LogP contribution >= 0.6 is 34.4 Å². The zero-order valence-electron chi connectivity index (χ0n) is 15.8. The van der Waals surface area contributed by atoms with Crippen LogP contribution in [0.3, 0.4) is 0 Å². The van der Waals surface area contributed by atoms with Gasteiger partial charge in [0.15, 0.2) is 10.1 Å². The van der Waals surface area contributed by atoms with E-state index in [1.165, 1.54) is 11.3 Å². The number of carbonyl (C=O) groups excluding carboxylic acids is 2. The summed E-state index contributed by atoms with van der Waals surface area (Å²) < 4.78 is 0.798. The molecule has 0 bridgehead atoms. The van der Waals surface area contributed by atoms with E-state index in [0.717, 1.165) is 26.2 Å². The third kappa shape index (κ3) is 3.60. The molecule has 5 nitrogen and oxygen atoms in total. The van der Waals surface area contributed by atoms with E-state index in [4.69, 9.17) is 0 Å². The van der Waals surface area contributed by atoms with Gasteiger partial charge >= 0.3 is 0 Å². The highest BCUT2D eigenvalue weighted by Gasteiger charge is 2.45. The molecule has 28 heavy (non-hydrogen) atoms. The predicted octanol–water partition coefficient (Wildman–Crippen LogP) is 5.04. The highest BCUT2D eigenvalue weighted by molar-refractivity contribution is 8.01. The number of anilines is 1. The van der Waals surface area contributed by atoms with E-state index in [-0.39, 0.29) is 23.0 Å². The lowest BCUT2D eigenvalue weighted by Crippen LogP contribution is -2.43. The molecule has 0 radical (unpaired) electrons. The number of hydrogen-bond donors (Lipinski definition) is 0. The Morgan fingerprint density at radius 1 is 1.36 bits per heavy atom. The fraction of sp³-hybridized carbons (Fsp3) is 0.400. The summed E-state index contributed by atoms with van der Waals surface area (Å²) >= 11 is 4.54. The molecule has 3 heterocycles. The number of thioether (sulfide) groups is 1. The number of thiophene rings is 1. The second kappa shape index (κ2) is 7.57. The van der Waals surface area contributed by atoms with Gasteiger partial charge in [0.2, 0.25) is 11.0 Å². The molecular formula is C20H21N3O2S3. The minimum absolute atomic E-state index is 0.0147. The van der Waals surface area contributed by atoms with Gasteiger partial charge in [-0.25, -0.2) is 0 Å². The smallest absolute Gasteiger partial charge is 0.234 e. The van der Waals surface area contributed by atoms with Crippen molar-refractivity contribution in [1.82, 2.24) is 10.2 Å². The van der Waals surface area contributed by atoms with E-state index in [0.29, 0.717) is 24.4 Å². The number of amides is 1. The molecule has 2 aliphatic rings. The van der Waals surface area contributed by atoms with Gasteiger partial charge in [-0.2, -0.15) is 0 Å². The second-order valence-electron chi connectivity index (χ2n) is 7.75. The first-order valence-corrected chi connectivity index (χ1v) is 11.8. The van der Waals surface area contributed by atoms with Crippen molar-refractivity contribution in [3.63, 3.8) is 0 Å². The fourth-order valence-corrected chi connectivity index (χ4v) is 6.33. The molecule has 1 aliphatic carbocycles. The Morgan fingerprint density at radius 2 is 2.18 bits per heavy atom. The quantitative estimate of drug-likeness (QED) is 0.377. The van der Waals surface area contributed by atoms with Crippen molar-refractivity contribution in [1.29, 1.82) is 0 Å². The van der Waals surface area contributed by atoms with Crippen molar-refractivity contribution < 1.29 is 9.59 Å². The molecule has 1 aliphatic heterocycles. The summed E-state index contributed by atoms with van der Waals surface area (Å²) in [7, 11) is 0. The average molecular weight is 432 g/mol. The summed E-state index contributed by atoms with van der Waals surface area (Å²) in [6.07, 6.45) is 3.29. The number of carbonyl (C=O) groups is 2. The fourth-order valence-electron chi connectivity index (χ4n) is 3.85. The number of hydrogen-bond acceptors (Lipinski definition) is 7. The van der Waals surface area contributed by atoms with Gasteiger partial charge in [0, 0.05) is 40.7 Å². The highest BCUT2D eigenvalue weighted by Crippen LogP contribution is 2.49. The average Bonchev–Trinajstić information content (AvgIpc) is 3.30. The van der Waals surface area contributed by atoms with Crippen molar-refractivity contribution in [2.75, 3.05) is 10.7 Å². The largest absolute Gasteiger partial charge is 0.294 e. The van der Waals surface area contributed by atoms with Crippen LogP contribution in [0.1, 0.15) is 43.9 Å². The molecule has 1 atom stereocenters. The zero-order chi connectivity index (χ0) is 19.9. The third-order valence-corrected chi connectivity index (χ3v) is 7.96.